The zero-order chi connectivity index (χ0) is 32.8. The van der Waals surface area contributed by atoms with Gasteiger partial charge in [0.15, 0.2) is 0 Å². The van der Waals surface area contributed by atoms with Crippen LogP contribution in [0.15, 0.2) is 182 Å². The molecule has 0 bridgehead atoms. The van der Waals surface area contributed by atoms with Gasteiger partial charge in [0.25, 0.3) is 0 Å². The van der Waals surface area contributed by atoms with Crippen LogP contribution in [0.5, 0.6) is 0 Å². The predicted octanol–water partition coefficient (Wildman–Crippen LogP) is 10.3. The molecule has 50 heavy (non-hydrogen) atoms. The van der Waals surface area contributed by atoms with E-state index in [4.69, 9.17) is 0 Å². The first-order valence-electron chi connectivity index (χ1n) is 17.7. The smallest absolute Gasteiger partial charge is 0.0629 e. The van der Waals surface area contributed by atoms with Crippen LogP contribution in [0, 0.1) is 0 Å². The largest absolute Gasteiger partial charge is 0.0883 e. The first-order valence-corrected chi connectivity index (χ1v) is 19.1. The van der Waals surface area contributed by atoms with E-state index in [2.05, 4.69) is 182 Å². The molecule has 0 amide bonds. The zero-order valence-corrected chi connectivity index (χ0v) is 28.9. The second-order valence-electron chi connectivity index (χ2n) is 13.9. The van der Waals surface area contributed by atoms with Crippen LogP contribution in [-0.2, 0) is 5.41 Å². The van der Waals surface area contributed by atoms with Gasteiger partial charge in [0.2, 0.25) is 0 Å². The summed E-state index contributed by atoms with van der Waals surface area (Å²) < 4.78 is 0. The number of hydrogen-bond acceptors (Lipinski definition) is 0. The van der Waals surface area contributed by atoms with Crippen LogP contribution in [0.25, 0.3) is 65.7 Å². The van der Waals surface area contributed by atoms with Crippen LogP contribution in [-0.4, -0.2) is 9.52 Å². The highest BCUT2D eigenvalue weighted by Gasteiger charge is 2.49. The van der Waals surface area contributed by atoms with E-state index in [9.17, 15) is 0 Å². The Morgan fingerprint density at radius 1 is 0.320 bits per heavy atom. The molecule has 0 atom stereocenters. The van der Waals surface area contributed by atoms with Crippen molar-refractivity contribution in [3.63, 3.8) is 0 Å². The second kappa shape index (κ2) is 10.5. The van der Waals surface area contributed by atoms with Crippen molar-refractivity contribution in [2.24, 2.45) is 0 Å². The molecule has 0 saturated carbocycles. The van der Waals surface area contributed by atoms with Gasteiger partial charge in [0, 0.05) is 0 Å². The standard InChI is InChI=1S/C49H32Si/c1-2-16-33-31(14-1)15-13-22-36(33)48-39-20-5-3-18-37(39)47(38-19-4-6-21-40(38)48)32-28-29-35-34-17-7-8-23-41(34)49(44(35)30-32)42-24-9-11-26-45(42)50-46-27-12-10-25-43(46)49/h1-30H,50H2. The van der Waals surface area contributed by atoms with E-state index in [1.54, 1.807) is 10.4 Å². The third-order valence-corrected chi connectivity index (χ3v) is 13.5. The Kier molecular flexibility index (Phi) is 5.85. The average molecular weight is 649 g/mol. The van der Waals surface area contributed by atoms with Crippen molar-refractivity contribution < 1.29 is 0 Å². The summed E-state index contributed by atoms with van der Waals surface area (Å²) in [5, 5.41) is 10.8. The van der Waals surface area contributed by atoms with Gasteiger partial charge in [0.1, 0.15) is 0 Å². The lowest BCUT2D eigenvalue weighted by atomic mass is 9.67. The van der Waals surface area contributed by atoms with Crippen molar-refractivity contribution in [2.45, 2.75) is 5.41 Å². The molecule has 1 spiro atoms. The Morgan fingerprint density at radius 2 is 0.800 bits per heavy atom. The van der Waals surface area contributed by atoms with Gasteiger partial charge in [-0.3, -0.25) is 0 Å². The molecule has 1 aliphatic carbocycles. The molecule has 0 saturated heterocycles. The summed E-state index contributed by atoms with van der Waals surface area (Å²) in [5.74, 6) is 0. The summed E-state index contributed by atoms with van der Waals surface area (Å²) in [6.45, 7) is 0. The van der Waals surface area contributed by atoms with Gasteiger partial charge in [-0.15, -0.1) is 0 Å². The number of benzene rings is 9. The van der Waals surface area contributed by atoms with E-state index in [0.717, 1.165) is 0 Å². The van der Waals surface area contributed by atoms with E-state index in [0.29, 0.717) is 0 Å². The fourth-order valence-corrected chi connectivity index (χ4v) is 11.7. The maximum absolute atomic E-state index is 2.56. The summed E-state index contributed by atoms with van der Waals surface area (Å²) >= 11 is 0. The molecular weight excluding hydrogens is 617 g/mol. The van der Waals surface area contributed by atoms with Crippen molar-refractivity contribution in [1.82, 2.24) is 0 Å². The van der Waals surface area contributed by atoms with Crippen LogP contribution in [0.2, 0.25) is 0 Å². The van der Waals surface area contributed by atoms with Gasteiger partial charge in [-0.2, -0.15) is 0 Å². The molecular formula is C49H32Si. The minimum Gasteiger partial charge on any atom is -0.0629 e. The monoisotopic (exact) mass is 648 g/mol. The number of rotatable bonds is 2. The highest BCUT2D eigenvalue weighted by molar-refractivity contribution is 6.69. The predicted molar refractivity (Wildman–Crippen MR) is 215 cm³/mol. The van der Waals surface area contributed by atoms with Crippen LogP contribution < -0.4 is 10.4 Å². The molecule has 1 heteroatoms. The normalized spacial score (nSPS) is 16.1. The topological polar surface area (TPSA) is 0 Å². The van der Waals surface area contributed by atoms with Gasteiger partial charge in [0.05, 0.1) is 14.9 Å². The number of fused-ring (bicyclic) bond motifs is 12. The SMILES string of the molecule is c1ccc2c(c1)[SiH2]c1ccccc1C21c2ccccc2-c2ccc(-c3c4ccccc4c(-c4cccc5ccccc45)c4ccccc34)cc21. The minimum atomic E-state index is -0.616. The van der Waals surface area contributed by atoms with Gasteiger partial charge < -0.3 is 0 Å². The molecule has 0 radical (unpaired) electrons. The lowest BCUT2D eigenvalue weighted by molar-refractivity contribution is 0.776. The van der Waals surface area contributed by atoms with Gasteiger partial charge in [-0.05, 0) is 94.0 Å². The quantitative estimate of drug-likeness (QED) is 0.129. The lowest BCUT2D eigenvalue weighted by Gasteiger charge is -2.40. The maximum Gasteiger partial charge on any atom is 0.0883 e. The van der Waals surface area contributed by atoms with Crippen molar-refractivity contribution in [3.8, 4) is 33.4 Å². The second-order valence-corrected chi connectivity index (χ2v) is 15.8. The van der Waals surface area contributed by atoms with E-state index >= 15 is 0 Å². The summed E-state index contributed by atoms with van der Waals surface area (Å²) in [4.78, 5) is 0. The summed E-state index contributed by atoms with van der Waals surface area (Å²) in [6, 6.07) is 68.8. The Hall–Kier alpha value is -6.02. The zero-order valence-electron chi connectivity index (χ0n) is 27.5. The summed E-state index contributed by atoms with van der Waals surface area (Å²) in [5.41, 5.74) is 13.2. The Labute approximate surface area is 294 Å². The molecule has 232 valence electrons. The maximum atomic E-state index is 2.56. The van der Waals surface area contributed by atoms with Crippen LogP contribution in [0.4, 0.5) is 0 Å². The van der Waals surface area contributed by atoms with Gasteiger partial charge in [-0.25, -0.2) is 0 Å². The van der Waals surface area contributed by atoms with Gasteiger partial charge in [-0.1, -0.05) is 186 Å². The highest BCUT2D eigenvalue weighted by atomic mass is 28.2. The Balaban J connectivity index is 1.26. The minimum absolute atomic E-state index is 0.352. The van der Waals surface area contributed by atoms with Gasteiger partial charge >= 0.3 is 0 Å². The molecule has 0 aromatic heterocycles. The number of hydrogen-bond donors (Lipinski definition) is 0. The molecule has 0 unspecified atom stereocenters. The first kappa shape index (κ1) is 27.9. The van der Waals surface area contributed by atoms with Crippen LogP contribution >= 0.6 is 0 Å². The van der Waals surface area contributed by atoms with Crippen LogP contribution in [0.3, 0.4) is 0 Å². The molecule has 9 aromatic carbocycles. The molecule has 1 aliphatic heterocycles. The van der Waals surface area contributed by atoms with Crippen molar-refractivity contribution in [1.29, 1.82) is 0 Å². The van der Waals surface area contributed by atoms with E-state index in [1.165, 1.54) is 88.0 Å². The fraction of sp³-hybridized carbons (Fsp3) is 0.0204. The van der Waals surface area contributed by atoms with Crippen molar-refractivity contribution >= 4 is 52.2 Å². The third-order valence-electron chi connectivity index (χ3n) is 11.5. The molecule has 11 rings (SSSR count). The molecule has 2 aliphatic rings. The summed E-state index contributed by atoms with van der Waals surface area (Å²) in [7, 11) is -0.616. The fourth-order valence-electron chi connectivity index (χ4n) is 9.62. The molecule has 0 nitrogen and oxygen atoms in total. The van der Waals surface area contributed by atoms with E-state index in [-0.39, 0.29) is 5.41 Å². The Bertz CT molecular complexity index is 2750. The molecule has 9 aromatic rings. The summed E-state index contributed by atoms with van der Waals surface area (Å²) in [6.07, 6.45) is 0. The highest BCUT2D eigenvalue weighted by Crippen LogP contribution is 2.57. The first-order chi connectivity index (χ1) is 24.8. The third kappa shape index (κ3) is 3.65. The lowest BCUT2D eigenvalue weighted by Crippen LogP contribution is -2.48. The molecule has 1 heterocycles. The van der Waals surface area contributed by atoms with E-state index in [1.807, 2.05) is 0 Å². The van der Waals surface area contributed by atoms with Crippen LogP contribution in [0.1, 0.15) is 22.3 Å². The van der Waals surface area contributed by atoms with Crippen molar-refractivity contribution in [2.75, 3.05) is 0 Å². The molecule has 0 N–H and O–H groups in total. The van der Waals surface area contributed by atoms with E-state index < -0.39 is 9.52 Å². The van der Waals surface area contributed by atoms with Crippen molar-refractivity contribution in [3.05, 3.63) is 204 Å². The molecule has 0 fully saturated rings. The average Bonchev–Trinajstić information content (AvgIpc) is 3.47. The Morgan fingerprint density at radius 3 is 1.48 bits per heavy atom.